The predicted molar refractivity (Wildman–Crippen MR) is 82.7 cm³/mol. The van der Waals surface area contributed by atoms with Gasteiger partial charge in [0.05, 0.1) is 0 Å². The molecule has 19 heavy (non-hydrogen) atoms. The van der Waals surface area contributed by atoms with Gasteiger partial charge in [-0.3, -0.25) is 4.98 Å². The van der Waals surface area contributed by atoms with Crippen molar-refractivity contribution in [2.24, 2.45) is 22.4 Å². The average Bonchev–Trinajstić information content (AvgIpc) is 2.37. The molecule has 5 N–H and O–H groups in total. The summed E-state index contributed by atoms with van der Waals surface area (Å²) in [4.78, 5) is 8.14. The maximum atomic E-state index is 5.27. The first-order chi connectivity index (χ1) is 9.11. The van der Waals surface area contributed by atoms with Gasteiger partial charge in [0.25, 0.3) is 0 Å². The molecule has 6 heteroatoms. The highest BCUT2D eigenvalue weighted by Crippen LogP contribution is 2.11. The summed E-state index contributed by atoms with van der Waals surface area (Å²) in [6, 6.07) is 5.96. The fraction of sp³-hybridized carbons (Fsp3) is 0.462. The van der Waals surface area contributed by atoms with Crippen molar-refractivity contribution in [2.75, 3.05) is 6.54 Å². The van der Waals surface area contributed by atoms with Gasteiger partial charge in [-0.2, -0.15) is 4.99 Å². The van der Waals surface area contributed by atoms with Crippen molar-refractivity contribution in [3.8, 4) is 0 Å². The lowest BCUT2D eigenvalue weighted by Gasteiger charge is -2.16. The molecule has 1 atom stereocenters. The van der Waals surface area contributed by atoms with E-state index in [0.29, 0.717) is 11.0 Å². The molecule has 0 aliphatic carbocycles. The van der Waals surface area contributed by atoms with Gasteiger partial charge >= 0.3 is 0 Å². The van der Waals surface area contributed by atoms with Gasteiger partial charge in [-0.15, -0.1) is 0 Å². The molecule has 1 aromatic rings. The van der Waals surface area contributed by atoms with Gasteiger partial charge in [0.2, 0.25) is 0 Å². The zero-order valence-corrected chi connectivity index (χ0v) is 12.0. The van der Waals surface area contributed by atoms with E-state index in [-0.39, 0.29) is 5.96 Å². The van der Waals surface area contributed by atoms with Crippen molar-refractivity contribution in [3.63, 3.8) is 0 Å². The smallest absolute Gasteiger partial charge is 0.196 e. The number of rotatable bonds is 6. The maximum Gasteiger partial charge on any atom is 0.196 e. The summed E-state index contributed by atoms with van der Waals surface area (Å²) in [5, 5.41) is 3.41. The third kappa shape index (κ3) is 6.71. The molecule has 5 nitrogen and oxygen atoms in total. The topological polar surface area (TPSA) is 89.3 Å². The van der Waals surface area contributed by atoms with Crippen LogP contribution in [0.25, 0.3) is 0 Å². The first kappa shape index (κ1) is 15.4. The minimum Gasteiger partial charge on any atom is -0.370 e. The van der Waals surface area contributed by atoms with Crippen LogP contribution in [0.1, 0.15) is 25.5 Å². The standard InChI is InChI=1S/C13H21N5S/c1-2-5-10(8-11-6-3-4-7-16-11)9-17-13(19)18-12(14)15/h3-4,6-7,10H,2,5,8-9H2,1H3,(H5,14,15,17,18,19). The van der Waals surface area contributed by atoms with E-state index in [1.807, 2.05) is 24.4 Å². The molecule has 1 aromatic heterocycles. The Morgan fingerprint density at radius 3 is 2.84 bits per heavy atom. The van der Waals surface area contributed by atoms with Crippen LogP contribution in [0.15, 0.2) is 29.4 Å². The molecule has 0 aliphatic heterocycles. The molecular weight excluding hydrogens is 258 g/mol. The molecule has 0 bridgehead atoms. The molecule has 0 aliphatic rings. The van der Waals surface area contributed by atoms with E-state index in [1.165, 1.54) is 0 Å². The Balaban J connectivity index is 2.49. The van der Waals surface area contributed by atoms with E-state index >= 15 is 0 Å². The monoisotopic (exact) mass is 279 g/mol. The summed E-state index contributed by atoms with van der Waals surface area (Å²) in [6.07, 6.45) is 4.96. The number of thiocarbonyl (C=S) groups is 1. The quantitative estimate of drug-likeness (QED) is 0.413. The van der Waals surface area contributed by atoms with Crippen molar-refractivity contribution >= 4 is 23.3 Å². The second-order valence-corrected chi connectivity index (χ2v) is 4.79. The number of pyridine rings is 1. The minimum absolute atomic E-state index is 0.0192. The molecule has 0 amide bonds. The minimum atomic E-state index is -0.0192. The van der Waals surface area contributed by atoms with Crippen LogP contribution in [0.5, 0.6) is 0 Å². The third-order valence-electron chi connectivity index (χ3n) is 2.69. The third-order valence-corrected chi connectivity index (χ3v) is 2.93. The van der Waals surface area contributed by atoms with Crippen molar-refractivity contribution in [3.05, 3.63) is 30.1 Å². The largest absolute Gasteiger partial charge is 0.370 e. The van der Waals surface area contributed by atoms with Crippen molar-refractivity contribution < 1.29 is 0 Å². The number of guanidine groups is 1. The Bertz CT molecular complexity index is 414. The fourth-order valence-electron chi connectivity index (χ4n) is 1.89. The Morgan fingerprint density at radius 2 is 2.26 bits per heavy atom. The van der Waals surface area contributed by atoms with Crippen LogP contribution < -0.4 is 16.8 Å². The molecule has 1 rings (SSSR count). The van der Waals surface area contributed by atoms with Crippen LogP contribution >= 0.6 is 12.2 Å². The summed E-state index contributed by atoms with van der Waals surface area (Å²) in [5.74, 6) is 0.446. The number of nitrogens with one attached hydrogen (secondary N) is 1. The molecule has 0 saturated carbocycles. The van der Waals surface area contributed by atoms with Crippen molar-refractivity contribution in [1.29, 1.82) is 0 Å². The molecule has 0 saturated heterocycles. The second kappa shape index (κ2) is 8.42. The van der Waals surface area contributed by atoms with Crippen LogP contribution in [-0.4, -0.2) is 22.6 Å². The van der Waals surface area contributed by atoms with Crippen LogP contribution in [0.4, 0.5) is 0 Å². The lowest BCUT2D eigenvalue weighted by molar-refractivity contribution is 0.465. The maximum absolute atomic E-state index is 5.27. The Morgan fingerprint density at radius 1 is 1.47 bits per heavy atom. The van der Waals surface area contributed by atoms with E-state index in [0.717, 1.165) is 31.5 Å². The summed E-state index contributed by atoms with van der Waals surface area (Å²) in [7, 11) is 0. The SMILES string of the molecule is CCCC(CNC(=S)N=C(N)N)Cc1ccccn1. The number of hydrogen-bond donors (Lipinski definition) is 3. The first-order valence-electron chi connectivity index (χ1n) is 6.39. The number of aromatic nitrogens is 1. The van der Waals surface area contributed by atoms with Crippen molar-refractivity contribution in [2.45, 2.75) is 26.2 Å². The normalized spacial score (nSPS) is 11.6. The fourth-order valence-corrected chi connectivity index (χ4v) is 2.08. The number of nitrogens with two attached hydrogens (primary N) is 2. The van der Waals surface area contributed by atoms with Crippen LogP contribution in [0, 0.1) is 5.92 Å². The van der Waals surface area contributed by atoms with Crippen LogP contribution in [-0.2, 0) is 6.42 Å². The highest BCUT2D eigenvalue weighted by molar-refractivity contribution is 7.80. The molecule has 0 aromatic carbocycles. The Hall–Kier alpha value is -1.69. The van der Waals surface area contributed by atoms with E-state index < -0.39 is 0 Å². The van der Waals surface area contributed by atoms with Gasteiger partial charge < -0.3 is 16.8 Å². The molecule has 104 valence electrons. The molecule has 0 spiro atoms. The number of nitrogens with zero attached hydrogens (tertiary/aromatic N) is 2. The van der Waals surface area contributed by atoms with Gasteiger partial charge in [-0.25, -0.2) is 0 Å². The highest BCUT2D eigenvalue weighted by Gasteiger charge is 2.10. The van der Waals surface area contributed by atoms with Gasteiger partial charge in [0, 0.05) is 18.4 Å². The summed E-state index contributed by atoms with van der Waals surface area (Å²) in [5.41, 5.74) is 11.6. The average molecular weight is 279 g/mol. The zero-order chi connectivity index (χ0) is 14.1. The summed E-state index contributed by atoms with van der Waals surface area (Å²) < 4.78 is 0. The summed E-state index contributed by atoms with van der Waals surface area (Å²) >= 11 is 5.02. The first-order valence-corrected chi connectivity index (χ1v) is 6.80. The second-order valence-electron chi connectivity index (χ2n) is 4.40. The molecule has 1 unspecified atom stereocenters. The predicted octanol–water partition coefficient (Wildman–Crippen LogP) is 1.19. The van der Waals surface area contributed by atoms with Gasteiger partial charge in [0.15, 0.2) is 11.1 Å². The van der Waals surface area contributed by atoms with Gasteiger partial charge in [0.1, 0.15) is 0 Å². The van der Waals surface area contributed by atoms with Crippen LogP contribution in [0.3, 0.4) is 0 Å². The van der Waals surface area contributed by atoms with E-state index in [4.69, 9.17) is 23.7 Å². The Labute approximate surface area is 119 Å². The van der Waals surface area contributed by atoms with Gasteiger partial charge in [-0.05, 0) is 43.1 Å². The van der Waals surface area contributed by atoms with E-state index in [9.17, 15) is 0 Å². The molecule has 0 fully saturated rings. The number of aliphatic imine (C=N–C) groups is 1. The Kier molecular flexibility index (Phi) is 6.81. The lowest BCUT2D eigenvalue weighted by atomic mass is 9.97. The highest BCUT2D eigenvalue weighted by atomic mass is 32.1. The van der Waals surface area contributed by atoms with E-state index in [2.05, 4.69) is 22.2 Å². The van der Waals surface area contributed by atoms with Gasteiger partial charge in [-0.1, -0.05) is 19.4 Å². The molecule has 0 radical (unpaired) electrons. The van der Waals surface area contributed by atoms with E-state index in [1.54, 1.807) is 0 Å². The summed E-state index contributed by atoms with van der Waals surface area (Å²) in [6.45, 7) is 2.92. The lowest BCUT2D eigenvalue weighted by Crippen LogP contribution is -2.32. The zero-order valence-electron chi connectivity index (χ0n) is 11.2. The van der Waals surface area contributed by atoms with Crippen LogP contribution in [0.2, 0.25) is 0 Å². The number of hydrogen-bond acceptors (Lipinski definition) is 2. The van der Waals surface area contributed by atoms with Crippen molar-refractivity contribution in [1.82, 2.24) is 10.3 Å². The molecule has 1 heterocycles. The molecular formula is C13H21N5S.